The third-order valence-corrected chi connectivity index (χ3v) is 3.85. The maximum absolute atomic E-state index is 5.45. The Labute approximate surface area is 132 Å². The van der Waals surface area contributed by atoms with E-state index in [2.05, 4.69) is 39.2 Å². The molecular weight excluding hydrogens is 282 g/mol. The van der Waals surface area contributed by atoms with Crippen LogP contribution in [0.2, 0.25) is 0 Å². The number of aliphatic imine (C=N–C) groups is 1. The van der Waals surface area contributed by atoms with E-state index in [4.69, 9.17) is 9.26 Å². The van der Waals surface area contributed by atoms with E-state index in [1.165, 1.54) is 6.42 Å². The van der Waals surface area contributed by atoms with Crippen LogP contribution in [0.15, 0.2) is 9.52 Å². The van der Waals surface area contributed by atoms with Gasteiger partial charge in [-0.1, -0.05) is 19.0 Å². The number of ether oxygens (including phenoxy) is 1. The number of likely N-dealkylation sites (tertiary alicyclic amines) is 1. The quantitative estimate of drug-likeness (QED) is 0.662. The van der Waals surface area contributed by atoms with Crippen LogP contribution in [0.25, 0.3) is 0 Å². The lowest BCUT2D eigenvalue weighted by Crippen LogP contribution is -2.40. The fourth-order valence-electron chi connectivity index (χ4n) is 2.61. The second kappa shape index (κ2) is 7.09. The van der Waals surface area contributed by atoms with Crippen molar-refractivity contribution in [3.63, 3.8) is 0 Å². The smallest absolute Gasteiger partial charge is 0.246 e. The molecule has 0 aromatic carbocycles. The van der Waals surface area contributed by atoms with Crippen molar-refractivity contribution in [1.82, 2.24) is 20.4 Å². The van der Waals surface area contributed by atoms with Gasteiger partial charge >= 0.3 is 0 Å². The monoisotopic (exact) mass is 309 g/mol. The Morgan fingerprint density at radius 3 is 2.91 bits per heavy atom. The average Bonchev–Trinajstić information content (AvgIpc) is 3.07. The number of rotatable bonds is 5. The number of nitrogens with zero attached hydrogens (tertiary/aromatic N) is 4. The van der Waals surface area contributed by atoms with Gasteiger partial charge < -0.3 is 19.5 Å². The van der Waals surface area contributed by atoms with Gasteiger partial charge in [-0.15, -0.1) is 0 Å². The number of hydrogen-bond donors (Lipinski definition) is 1. The van der Waals surface area contributed by atoms with Crippen molar-refractivity contribution in [2.45, 2.75) is 46.8 Å². The zero-order valence-electron chi connectivity index (χ0n) is 14.2. The molecule has 1 aromatic rings. The van der Waals surface area contributed by atoms with Crippen molar-refractivity contribution < 1.29 is 9.26 Å². The summed E-state index contributed by atoms with van der Waals surface area (Å²) >= 11 is 0. The van der Waals surface area contributed by atoms with Gasteiger partial charge in [-0.2, -0.15) is 4.98 Å². The first-order valence-electron chi connectivity index (χ1n) is 7.85. The molecular formula is C15H27N5O2. The van der Waals surface area contributed by atoms with Crippen molar-refractivity contribution in [1.29, 1.82) is 0 Å². The van der Waals surface area contributed by atoms with Crippen LogP contribution in [-0.4, -0.2) is 47.7 Å². The summed E-state index contributed by atoms with van der Waals surface area (Å²) in [5.74, 6) is 2.00. The lowest BCUT2D eigenvalue weighted by atomic mass is 9.93. The summed E-state index contributed by atoms with van der Waals surface area (Å²) < 4.78 is 10.7. The van der Waals surface area contributed by atoms with Crippen molar-refractivity contribution in [3.8, 4) is 0 Å². The normalized spacial score (nSPS) is 19.5. The van der Waals surface area contributed by atoms with Crippen LogP contribution in [-0.2, 0) is 11.3 Å². The molecule has 22 heavy (non-hydrogen) atoms. The molecule has 1 atom stereocenters. The third-order valence-electron chi connectivity index (χ3n) is 3.85. The van der Waals surface area contributed by atoms with Crippen LogP contribution in [0.3, 0.4) is 0 Å². The summed E-state index contributed by atoms with van der Waals surface area (Å²) in [6.07, 6.45) is 1.02. The molecule has 1 fully saturated rings. The van der Waals surface area contributed by atoms with Crippen molar-refractivity contribution >= 4 is 5.96 Å². The molecule has 1 aromatic heterocycles. The van der Waals surface area contributed by atoms with Crippen molar-refractivity contribution in [2.24, 2.45) is 10.4 Å². The van der Waals surface area contributed by atoms with Gasteiger partial charge in [0.15, 0.2) is 11.8 Å². The molecule has 7 heteroatoms. The van der Waals surface area contributed by atoms with Gasteiger partial charge in [-0.25, -0.2) is 0 Å². The van der Waals surface area contributed by atoms with Crippen LogP contribution in [0.4, 0.5) is 0 Å². The standard InChI is InChI=1S/C15H27N5O2/c1-6-21-11(2)13-18-12(22-19-13)9-17-14(16-5)20-8-7-15(3,4)10-20/h11H,6-10H2,1-5H3,(H,16,17). The zero-order chi connectivity index (χ0) is 16.2. The second-order valence-electron chi connectivity index (χ2n) is 6.38. The molecule has 1 saturated heterocycles. The molecule has 0 radical (unpaired) electrons. The summed E-state index contributed by atoms with van der Waals surface area (Å²) in [6, 6.07) is 0. The predicted octanol–water partition coefficient (Wildman–Crippen LogP) is 1.97. The van der Waals surface area contributed by atoms with E-state index in [0.29, 0.717) is 30.3 Å². The van der Waals surface area contributed by atoms with Crippen LogP contribution in [0, 0.1) is 5.41 Å². The molecule has 124 valence electrons. The van der Waals surface area contributed by atoms with Crippen LogP contribution in [0.1, 0.15) is 51.9 Å². The van der Waals surface area contributed by atoms with E-state index in [9.17, 15) is 0 Å². The molecule has 0 aliphatic carbocycles. The van der Waals surface area contributed by atoms with E-state index < -0.39 is 0 Å². The van der Waals surface area contributed by atoms with Gasteiger partial charge in [0.05, 0.1) is 6.54 Å². The predicted molar refractivity (Wildman–Crippen MR) is 84.5 cm³/mol. The van der Waals surface area contributed by atoms with E-state index in [0.717, 1.165) is 19.0 Å². The van der Waals surface area contributed by atoms with E-state index in [1.54, 1.807) is 7.05 Å². The zero-order valence-corrected chi connectivity index (χ0v) is 14.2. The fourth-order valence-corrected chi connectivity index (χ4v) is 2.61. The first kappa shape index (κ1) is 16.7. The van der Waals surface area contributed by atoms with Crippen LogP contribution in [0.5, 0.6) is 0 Å². The Hall–Kier alpha value is -1.63. The Balaban J connectivity index is 1.89. The van der Waals surface area contributed by atoms with Gasteiger partial charge in [0, 0.05) is 26.7 Å². The summed E-state index contributed by atoms with van der Waals surface area (Å²) in [5.41, 5.74) is 0.336. The highest BCUT2D eigenvalue weighted by Crippen LogP contribution is 2.28. The Kier molecular flexibility index (Phi) is 5.39. The van der Waals surface area contributed by atoms with Gasteiger partial charge in [-0.3, -0.25) is 4.99 Å². The minimum atomic E-state index is -0.152. The summed E-state index contributed by atoms with van der Waals surface area (Å²) in [4.78, 5) is 11.0. The minimum Gasteiger partial charge on any atom is -0.371 e. The van der Waals surface area contributed by atoms with Gasteiger partial charge in [0.1, 0.15) is 6.10 Å². The van der Waals surface area contributed by atoms with Gasteiger partial charge in [0.25, 0.3) is 0 Å². The van der Waals surface area contributed by atoms with Crippen molar-refractivity contribution in [2.75, 3.05) is 26.7 Å². The molecule has 1 aliphatic heterocycles. The molecule has 0 bridgehead atoms. The molecule has 1 unspecified atom stereocenters. The highest BCUT2D eigenvalue weighted by molar-refractivity contribution is 5.80. The number of guanidine groups is 1. The SMILES string of the molecule is CCOC(C)c1noc(CNC(=NC)N2CCC(C)(C)C2)n1. The largest absolute Gasteiger partial charge is 0.371 e. The molecule has 0 saturated carbocycles. The van der Waals surface area contributed by atoms with Crippen LogP contribution >= 0.6 is 0 Å². The molecule has 0 spiro atoms. The van der Waals surface area contributed by atoms with Crippen molar-refractivity contribution in [3.05, 3.63) is 11.7 Å². The highest BCUT2D eigenvalue weighted by Gasteiger charge is 2.30. The second-order valence-corrected chi connectivity index (χ2v) is 6.38. The summed E-state index contributed by atoms with van der Waals surface area (Å²) in [6.45, 7) is 11.5. The first-order valence-corrected chi connectivity index (χ1v) is 7.85. The number of hydrogen-bond acceptors (Lipinski definition) is 5. The van der Waals surface area contributed by atoms with E-state index in [-0.39, 0.29) is 6.10 Å². The molecule has 1 aliphatic rings. The summed E-state index contributed by atoms with van der Waals surface area (Å²) in [7, 11) is 1.80. The molecule has 7 nitrogen and oxygen atoms in total. The first-order chi connectivity index (χ1) is 10.4. The van der Waals surface area contributed by atoms with E-state index >= 15 is 0 Å². The molecule has 2 rings (SSSR count). The molecule has 1 N–H and O–H groups in total. The summed E-state index contributed by atoms with van der Waals surface area (Å²) in [5, 5.41) is 7.24. The van der Waals surface area contributed by atoms with Gasteiger partial charge in [0.2, 0.25) is 5.89 Å². The highest BCUT2D eigenvalue weighted by atomic mass is 16.5. The maximum Gasteiger partial charge on any atom is 0.246 e. The van der Waals surface area contributed by atoms with Crippen LogP contribution < -0.4 is 5.32 Å². The maximum atomic E-state index is 5.45. The number of aromatic nitrogens is 2. The fraction of sp³-hybridized carbons (Fsp3) is 0.800. The molecule has 2 heterocycles. The Morgan fingerprint density at radius 2 is 2.32 bits per heavy atom. The average molecular weight is 309 g/mol. The third kappa shape index (κ3) is 4.19. The topological polar surface area (TPSA) is 75.8 Å². The Morgan fingerprint density at radius 1 is 1.55 bits per heavy atom. The van der Waals surface area contributed by atoms with Gasteiger partial charge in [-0.05, 0) is 25.7 Å². The minimum absolute atomic E-state index is 0.152. The lowest BCUT2D eigenvalue weighted by Gasteiger charge is -2.23. The molecule has 0 amide bonds. The number of nitrogens with one attached hydrogen (secondary N) is 1. The Bertz CT molecular complexity index is 512. The van der Waals surface area contributed by atoms with E-state index in [1.807, 2.05) is 13.8 Å². The lowest BCUT2D eigenvalue weighted by molar-refractivity contribution is 0.0683.